The van der Waals surface area contributed by atoms with Gasteiger partial charge in [-0.05, 0) is 31.6 Å². The van der Waals surface area contributed by atoms with E-state index in [1.54, 1.807) is 17.3 Å². The van der Waals surface area contributed by atoms with Gasteiger partial charge in [-0.2, -0.15) is 15.0 Å². The second kappa shape index (κ2) is 7.51. The van der Waals surface area contributed by atoms with Gasteiger partial charge in [-0.15, -0.1) is 0 Å². The summed E-state index contributed by atoms with van der Waals surface area (Å²) in [5, 5.41) is 8.32. The van der Waals surface area contributed by atoms with Crippen LogP contribution in [0.2, 0.25) is 0 Å². The van der Waals surface area contributed by atoms with Gasteiger partial charge in [-0.1, -0.05) is 25.1 Å². The fourth-order valence-corrected chi connectivity index (χ4v) is 3.29. The Bertz CT molecular complexity index is 815. The van der Waals surface area contributed by atoms with Gasteiger partial charge in [0.05, 0.1) is 23.6 Å². The molecule has 1 fully saturated rings. The van der Waals surface area contributed by atoms with Crippen molar-refractivity contribution in [2.75, 3.05) is 19.6 Å². The number of carbonyl (C=O) groups is 2. The Morgan fingerprint density at radius 3 is 2.65 bits per heavy atom. The zero-order valence-electron chi connectivity index (χ0n) is 15.1. The van der Waals surface area contributed by atoms with E-state index in [0.29, 0.717) is 30.9 Å². The number of amides is 2. The van der Waals surface area contributed by atoms with Crippen LogP contribution in [0, 0.1) is 6.92 Å². The Kier molecular flexibility index (Phi) is 5.16. The fourth-order valence-electron chi connectivity index (χ4n) is 3.29. The van der Waals surface area contributed by atoms with E-state index in [2.05, 4.69) is 16.8 Å². The zero-order chi connectivity index (χ0) is 18.7. The lowest BCUT2D eigenvalue weighted by Gasteiger charge is -2.41. The van der Waals surface area contributed by atoms with Gasteiger partial charge in [0, 0.05) is 25.7 Å². The van der Waals surface area contributed by atoms with Crippen molar-refractivity contribution in [3.05, 3.63) is 54.4 Å². The predicted octanol–water partition coefficient (Wildman–Crippen LogP) is 1.82. The van der Waals surface area contributed by atoms with Gasteiger partial charge in [0.1, 0.15) is 0 Å². The third kappa shape index (κ3) is 3.37. The highest BCUT2D eigenvalue weighted by atomic mass is 16.2. The largest absolute Gasteiger partial charge is 0.335 e. The van der Waals surface area contributed by atoms with Gasteiger partial charge in [0.2, 0.25) is 5.91 Å². The maximum Gasteiger partial charge on any atom is 0.256 e. The molecular formula is C19H23N5O2. The molecule has 2 amide bonds. The molecular weight excluding hydrogens is 330 g/mol. The van der Waals surface area contributed by atoms with E-state index in [9.17, 15) is 9.59 Å². The maximum absolute atomic E-state index is 13.3. The van der Waals surface area contributed by atoms with Crippen molar-refractivity contribution in [1.29, 1.82) is 0 Å². The molecule has 136 valence electrons. The standard InChI is InChI=1S/C19H23N5O2/c1-4-15-13-22(18(25)5-2)10-11-23(15)19(26)16-12-14(3)6-7-17(16)24-20-8-9-21-24/h5-9,12,15H,2,4,10-11,13H2,1,3H3. The van der Waals surface area contributed by atoms with Gasteiger partial charge >= 0.3 is 0 Å². The summed E-state index contributed by atoms with van der Waals surface area (Å²) in [5.41, 5.74) is 2.23. The first-order valence-electron chi connectivity index (χ1n) is 8.74. The van der Waals surface area contributed by atoms with Gasteiger partial charge < -0.3 is 9.80 Å². The monoisotopic (exact) mass is 353 g/mol. The first-order chi connectivity index (χ1) is 12.5. The van der Waals surface area contributed by atoms with Crippen molar-refractivity contribution in [2.45, 2.75) is 26.3 Å². The van der Waals surface area contributed by atoms with E-state index >= 15 is 0 Å². The molecule has 0 bridgehead atoms. The Hall–Kier alpha value is -2.96. The van der Waals surface area contributed by atoms with Crippen LogP contribution in [0.4, 0.5) is 0 Å². The van der Waals surface area contributed by atoms with Crippen molar-refractivity contribution in [3.63, 3.8) is 0 Å². The number of benzene rings is 1. The normalized spacial score (nSPS) is 17.2. The van der Waals surface area contributed by atoms with Crippen molar-refractivity contribution in [2.24, 2.45) is 0 Å². The zero-order valence-corrected chi connectivity index (χ0v) is 15.1. The van der Waals surface area contributed by atoms with Crippen LogP contribution in [0.15, 0.2) is 43.2 Å². The van der Waals surface area contributed by atoms with Crippen LogP contribution in [-0.2, 0) is 4.79 Å². The van der Waals surface area contributed by atoms with Crippen LogP contribution >= 0.6 is 0 Å². The van der Waals surface area contributed by atoms with Gasteiger partial charge in [0.15, 0.2) is 0 Å². The summed E-state index contributed by atoms with van der Waals surface area (Å²) < 4.78 is 0. The molecule has 1 saturated heterocycles. The number of nitrogens with zero attached hydrogens (tertiary/aromatic N) is 5. The van der Waals surface area contributed by atoms with Gasteiger partial charge in [-0.3, -0.25) is 9.59 Å². The highest BCUT2D eigenvalue weighted by molar-refractivity contribution is 5.98. The highest BCUT2D eigenvalue weighted by Crippen LogP contribution is 2.22. The second-order valence-electron chi connectivity index (χ2n) is 6.39. The molecule has 1 aliphatic rings. The summed E-state index contributed by atoms with van der Waals surface area (Å²) in [4.78, 5) is 30.3. The number of aryl methyl sites for hydroxylation is 1. The molecule has 3 rings (SSSR count). The average Bonchev–Trinajstić information content (AvgIpc) is 3.20. The Morgan fingerprint density at radius 1 is 1.27 bits per heavy atom. The summed E-state index contributed by atoms with van der Waals surface area (Å²) >= 11 is 0. The molecule has 1 aromatic heterocycles. The quantitative estimate of drug-likeness (QED) is 0.786. The van der Waals surface area contributed by atoms with Crippen LogP contribution in [0.5, 0.6) is 0 Å². The van der Waals surface area contributed by atoms with Crippen molar-refractivity contribution >= 4 is 11.8 Å². The van der Waals surface area contributed by atoms with Crippen molar-refractivity contribution < 1.29 is 9.59 Å². The second-order valence-corrected chi connectivity index (χ2v) is 6.39. The van der Waals surface area contributed by atoms with E-state index in [1.807, 2.05) is 36.9 Å². The molecule has 2 heterocycles. The smallest absolute Gasteiger partial charge is 0.256 e. The molecule has 26 heavy (non-hydrogen) atoms. The molecule has 0 spiro atoms. The predicted molar refractivity (Wildman–Crippen MR) is 98.0 cm³/mol. The van der Waals surface area contributed by atoms with Gasteiger partial charge in [0.25, 0.3) is 5.91 Å². The van der Waals surface area contributed by atoms with Crippen molar-refractivity contribution in [1.82, 2.24) is 24.8 Å². The topological polar surface area (TPSA) is 71.3 Å². The van der Waals surface area contributed by atoms with Crippen LogP contribution < -0.4 is 0 Å². The molecule has 1 aromatic carbocycles. The molecule has 7 heteroatoms. The summed E-state index contributed by atoms with van der Waals surface area (Å²) in [7, 11) is 0. The molecule has 1 unspecified atom stereocenters. The Labute approximate surface area is 152 Å². The summed E-state index contributed by atoms with van der Waals surface area (Å²) in [6.45, 7) is 9.06. The molecule has 0 N–H and O–H groups in total. The van der Waals surface area contributed by atoms with Crippen LogP contribution in [0.3, 0.4) is 0 Å². The third-order valence-corrected chi connectivity index (χ3v) is 4.72. The number of aromatic nitrogens is 3. The number of carbonyl (C=O) groups excluding carboxylic acids is 2. The first-order valence-corrected chi connectivity index (χ1v) is 8.74. The highest BCUT2D eigenvalue weighted by Gasteiger charge is 2.32. The molecule has 1 aliphatic heterocycles. The third-order valence-electron chi connectivity index (χ3n) is 4.72. The molecule has 1 atom stereocenters. The maximum atomic E-state index is 13.3. The van der Waals surface area contributed by atoms with E-state index in [4.69, 9.17) is 0 Å². The fraction of sp³-hybridized carbons (Fsp3) is 0.368. The van der Waals surface area contributed by atoms with Crippen LogP contribution in [0.25, 0.3) is 5.69 Å². The molecule has 2 aromatic rings. The minimum Gasteiger partial charge on any atom is -0.335 e. The summed E-state index contributed by atoms with van der Waals surface area (Å²) in [5.74, 6) is -0.147. The number of hydrogen-bond acceptors (Lipinski definition) is 4. The van der Waals surface area contributed by atoms with E-state index in [-0.39, 0.29) is 17.9 Å². The lowest BCUT2D eigenvalue weighted by molar-refractivity contribution is -0.128. The molecule has 0 aliphatic carbocycles. The SMILES string of the molecule is C=CC(=O)N1CCN(C(=O)c2cc(C)ccc2-n2nccn2)C(CC)C1. The number of hydrogen-bond donors (Lipinski definition) is 0. The van der Waals surface area contributed by atoms with E-state index < -0.39 is 0 Å². The minimum absolute atomic E-state index is 0.0286. The number of rotatable bonds is 4. The van der Waals surface area contributed by atoms with Crippen LogP contribution in [0.1, 0.15) is 29.3 Å². The molecule has 0 saturated carbocycles. The van der Waals surface area contributed by atoms with Gasteiger partial charge in [-0.25, -0.2) is 0 Å². The number of piperazine rings is 1. The van der Waals surface area contributed by atoms with Crippen LogP contribution in [-0.4, -0.2) is 62.3 Å². The summed E-state index contributed by atoms with van der Waals surface area (Å²) in [6, 6.07) is 5.64. The first kappa shape index (κ1) is 17.8. The minimum atomic E-state index is -0.0902. The lowest BCUT2D eigenvalue weighted by atomic mass is 10.0. The average molecular weight is 353 g/mol. The van der Waals surface area contributed by atoms with Crippen molar-refractivity contribution in [3.8, 4) is 5.69 Å². The summed E-state index contributed by atoms with van der Waals surface area (Å²) in [6.07, 6.45) is 5.27. The molecule has 0 radical (unpaired) electrons. The Morgan fingerprint density at radius 2 is 2.00 bits per heavy atom. The van der Waals surface area contributed by atoms with E-state index in [0.717, 1.165) is 12.0 Å². The Balaban J connectivity index is 1.91. The molecule has 7 nitrogen and oxygen atoms in total. The van der Waals surface area contributed by atoms with E-state index in [1.165, 1.54) is 10.9 Å². The lowest BCUT2D eigenvalue weighted by Crippen LogP contribution is -2.56.